The molecule has 1 aromatic rings. The monoisotopic (exact) mass is 227 g/mol. The summed E-state index contributed by atoms with van der Waals surface area (Å²) in [5.41, 5.74) is 0. The van der Waals surface area contributed by atoms with Gasteiger partial charge in [0.2, 0.25) is 11.8 Å². The molecular weight excluding hydrogens is 206 g/mol. The quantitative estimate of drug-likeness (QED) is 0.732. The lowest BCUT2D eigenvalue weighted by molar-refractivity contribution is 0.194. The summed E-state index contributed by atoms with van der Waals surface area (Å²) in [6.07, 6.45) is 2.72. The summed E-state index contributed by atoms with van der Waals surface area (Å²) >= 11 is 0. The van der Waals surface area contributed by atoms with Crippen LogP contribution in [0.25, 0.3) is 0 Å². The third kappa shape index (κ3) is 3.90. The van der Waals surface area contributed by atoms with E-state index < -0.39 is 0 Å². The van der Waals surface area contributed by atoms with Gasteiger partial charge in [-0.05, 0) is 19.4 Å². The molecule has 0 aliphatic carbocycles. The molecule has 0 aliphatic rings. The second kappa shape index (κ2) is 7.35. The van der Waals surface area contributed by atoms with Gasteiger partial charge in [-0.3, -0.25) is 0 Å². The van der Waals surface area contributed by atoms with Crippen LogP contribution in [0.5, 0.6) is 0 Å². The zero-order valence-corrected chi connectivity index (χ0v) is 10.3. The molecule has 0 amide bonds. The fraction of sp³-hybridized carbons (Fsp3) is 0.818. The Bertz CT molecular complexity index is 289. The van der Waals surface area contributed by atoms with E-state index >= 15 is 0 Å². The molecule has 0 aromatic carbocycles. The molecule has 0 saturated heterocycles. The van der Waals surface area contributed by atoms with Gasteiger partial charge in [0, 0.05) is 13.5 Å². The van der Waals surface area contributed by atoms with Crippen LogP contribution in [0.4, 0.5) is 0 Å². The van der Waals surface area contributed by atoms with E-state index in [1.54, 1.807) is 7.11 Å². The molecular formula is C11H21N3O2. The van der Waals surface area contributed by atoms with E-state index in [4.69, 9.17) is 9.15 Å². The minimum Gasteiger partial charge on any atom is -0.423 e. The van der Waals surface area contributed by atoms with E-state index in [-0.39, 0.29) is 6.04 Å². The maximum atomic E-state index is 5.57. The maximum absolute atomic E-state index is 5.57. The molecule has 0 aliphatic heterocycles. The molecule has 5 nitrogen and oxygen atoms in total. The van der Waals surface area contributed by atoms with Crippen molar-refractivity contribution in [1.82, 2.24) is 15.5 Å². The predicted octanol–water partition coefficient (Wildman–Crippen LogP) is 1.71. The molecule has 1 N–H and O–H groups in total. The maximum Gasteiger partial charge on any atom is 0.233 e. The van der Waals surface area contributed by atoms with E-state index in [1.165, 1.54) is 0 Å². The van der Waals surface area contributed by atoms with Gasteiger partial charge < -0.3 is 14.5 Å². The van der Waals surface area contributed by atoms with Gasteiger partial charge in [-0.15, -0.1) is 10.2 Å². The topological polar surface area (TPSA) is 60.2 Å². The first-order valence-corrected chi connectivity index (χ1v) is 5.86. The van der Waals surface area contributed by atoms with E-state index in [2.05, 4.69) is 29.4 Å². The number of nitrogens with one attached hydrogen (secondary N) is 1. The predicted molar refractivity (Wildman–Crippen MR) is 61.2 cm³/mol. The zero-order chi connectivity index (χ0) is 11.8. The third-order valence-corrected chi connectivity index (χ3v) is 2.35. The van der Waals surface area contributed by atoms with Crippen molar-refractivity contribution in [1.29, 1.82) is 0 Å². The fourth-order valence-corrected chi connectivity index (χ4v) is 1.42. The van der Waals surface area contributed by atoms with Crippen molar-refractivity contribution in [3.63, 3.8) is 0 Å². The van der Waals surface area contributed by atoms with Gasteiger partial charge in [-0.1, -0.05) is 13.8 Å². The molecule has 92 valence electrons. The first kappa shape index (κ1) is 13.1. The van der Waals surface area contributed by atoms with Crippen molar-refractivity contribution in [3.8, 4) is 0 Å². The molecule has 0 radical (unpaired) electrons. The number of hydrogen-bond donors (Lipinski definition) is 1. The van der Waals surface area contributed by atoms with Crippen molar-refractivity contribution in [2.45, 2.75) is 39.2 Å². The van der Waals surface area contributed by atoms with Crippen LogP contribution >= 0.6 is 0 Å². The molecule has 0 bridgehead atoms. The summed E-state index contributed by atoms with van der Waals surface area (Å²) in [5, 5.41) is 11.4. The van der Waals surface area contributed by atoms with Crippen molar-refractivity contribution >= 4 is 0 Å². The highest BCUT2D eigenvalue weighted by atomic mass is 16.5. The van der Waals surface area contributed by atoms with Crippen LogP contribution in [-0.2, 0) is 11.2 Å². The van der Waals surface area contributed by atoms with Crippen LogP contribution in [0.2, 0.25) is 0 Å². The van der Waals surface area contributed by atoms with E-state index in [9.17, 15) is 0 Å². The highest BCUT2D eigenvalue weighted by molar-refractivity contribution is 4.89. The molecule has 1 aromatic heterocycles. The van der Waals surface area contributed by atoms with Gasteiger partial charge in [0.15, 0.2) is 0 Å². The number of aromatic nitrogens is 2. The van der Waals surface area contributed by atoms with E-state index in [0.29, 0.717) is 24.8 Å². The molecule has 1 rings (SSSR count). The Hall–Kier alpha value is -0.940. The molecule has 1 atom stereocenters. The Morgan fingerprint density at radius 2 is 2.19 bits per heavy atom. The van der Waals surface area contributed by atoms with Crippen molar-refractivity contribution < 1.29 is 9.15 Å². The standard InChI is InChI=1S/C11H21N3O2/c1-4-7-12-9(5-2)11-14-13-10(16-11)6-8-15-3/h9,12H,4-8H2,1-3H3. The first-order valence-electron chi connectivity index (χ1n) is 5.86. The first-order chi connectivity index (χ1) is 7.81. The molecule has 1 unspecified atom stereocenters. The van der Waals surface area contributed by atoms with Crippen molar-refractivity contribution in [2.24, 2.45) is 0 Å². The molecule has 0 fully saturated rings. The smallest absolute Gasteiger partial charge is 0.233 e. The Balaban J connectivity index is 2.52. The fourth-order valence-electron chi connectivity index (χ4n) is 1.42. The van der Waals surface area contributed by atoms with Crippen LogP contribution in [-0.4, -0.2) is 30.5 Å². The number of methoxy groups -OCH3 is 1. The normalized spacial score (nSPS) is 12.9. The summed E-state index contributed by atoms with van der Waals surface area (Å²) in [4.78, 5) is 0. The summed E-state index contributed by atoms with van der Waals surface area (Å²) in [6.45, 7) is 5.82. The average molecular weight is 227 g/mol. The number of rotatable bonds is 8. The van der Waals surface area contributed by atoms with Crippen LogP contribution in [0.3, 0.4) is 0 Å². The summed E-state index contributed by atoms with van der Waals surface area (Å²) in [7, 11) is 1.66. The Morgan fingerprint density at radius 3 is 2.81 bits per heavy atom. The van der Waals surface area contributed by atoms with Gasteiger partial charge in [0.25, 0.3) is 0 Å². The number of nitrogens with zero attached hydrogens (tertiary/aromatic N) is 2. The summed E-state index contributed by atoms with van der Waals surface area (Å²) in [5.74, 6) is 1.33. The lowest BCUT2D eigenvalue weighted by Gasteiger charge is -2.11. The molecule has 0 spiro atoms. The third-order valence-electron chi connectivity index (χ3n) is 2.35. The van der Waals surface area contributed by atoms with Gasteiger partial charge >= 0.3 is 0 Å². The Kier molecular flexibility index (Phi) is 6.03. The molecule has 0 saturated carbocycles. The minimum absolute atomic E-state index is 0.170. The SMILES string of the molecule is CCCNC(CC)c1nnc(CCOC)o1. The largest absolute Gasteiger partial charge is 0.423 e. The minimum atomic E-state index is 0.170. The van der Waals surface area contributed by atoms with Crippen LogP contribution in [0.1, 0.15) is 44.5 Å². The zero-order valence-electron chi connectivity index (χ0n) is 10.3. The second-order valence-electron chi connectivity index (χ2n) is 3.69. The second-order valence-corrected chi connectivity index (χ2v) is 3.69. The number of ether oxygens (including phenoxy) is 1. The molecule has 16 heavy (non-hydrogen) atoms. The van der Waals surface area contributed by atoms with Crippen LogP contribution in [0.15, 0.2) is 4.42 Å². The van der Waals surface area contributed by atoms with Gasteiger partial charge in [0.05, 0.1) is 12.6 Å². The number of hydrogen-bond acceptors (Lipinski definition) is 5. The van der Waals surface area contributed by atoms with Crippen molar-refractivity contribution in [2.75, 3.05) is 20.3 Å². The molecule has 5 heteroatoms. The van der Waals surface area contributed by atoms with E-state index in [0.717, 1.165) is 19.4 Å². The lowest BCUT2D eigenvalue weighted by Crippen LogP contribution is -2.21. The Labute approximate surface area is 96.6 Å². The Morgan fingerprint density at radius 1 is 1.38 bits per heavy atom. The van der Waals surface area contributed by atoms with Crippen LogP contribution in [0, 0.1) is 0 Å². The highest BCUT2D eigenvalue weighted by Gasteiger charge is 2.15. The van der Waals surface area contributed by atoms with Gasteiger partial charge in [0.1, 0.15) is 0 Å². The highest BCUT2D eigenvalue weighted by Crippen LogP contribution is 2.15. The van der Waals surface area contributed by atoms with E-state index in [1.807, 2.05) is 0 Å². The van der Waals surface area contributed by atoms with Crippen LogP contribution < -0.4 is 5.32 Å². The summed E-state index contributed by atoms with van der Waals surface area (Å²) < 4.78 is 10.5. The van der Waals surface area contributed by atoms with Crippen molar-refractivity contribution in [3.05, 3.63) is 11.8 Å². The summed E-state index contributed by atoms with van der Waals surface area (Å²) in [6, 6.07) is 0.170. The van der Waals surface area contributed by atoms with Gasteiger partial charge in [-0.25, -0.2) is 0 Å². The average Bonchev–Trinajstić information content (AvgIpc) is 2.76. The van der Waals surface area contributed by atoms with Gasteiger partial charge in [-0.2, -0.15) is 0 Å². The molecule has 1 heterocycles. The lowest BCUT2D eigenvalue weighted by atomic mass is 10.2.